The van der Waals surface area contributed by atoms with Crippen molar-refractivity contribution >= 4 is 5.91 Å². The van der Waals surface area contributed by atoms with Gasteiger partial charge in [-0.25, -0.2) is 0 Å². The van der Waals surface area contributed by atoms with E-state index >= 15 is 0 Å². The lowest BCUT2D eigenvalue weighted by Crippen LogP contribution is -2.49. The zero-order valence-electron chi connectivity index (χ0n) is 17.0. The summed E-state index contributed by atoms with van der Waals surface area (Å²) in [6, 6.07) is 9.15. The summed E-state index contributed by atoms with van der Waals surface area (Å²) in [4.78, 5) is 12.9. The molecule has 1 unspecified atom stereocenters. The number of benzene rings is 1. The highest BCUT2D eigenvalue weighted by atomic mass is 16.5. The third-order valence-corrected chi connectivity index (χ3v) is 6.13. The molecule has 2 aliphatic rings. The van der Waals surface area contributed by atoms with Crippen LogP contribution < -0.4 is 20.7 Å². The average Bonchev–Trinajstić information content (AvgIpc) is 2.68. The van der Waals surface area contributed by atoms with Gasteiger partial charge in [-0.2, -0.15) is 0 Å². The van der Waals surface area contributed by atoms with Crippen LogP contribution in [0.15, 0.2) is 24.3 Å². The predicted molar refractivity (Wildman–Crippen MR) is 109 cm³/mol. The quantitative estimate of drug-likeness (QED) is 0.718. The number of hydrogen-bond acceptors (Lipinski definition) is 4. The van der Waals surface area contributed by atoms with Crippen molar-refractivity contribution in [2.75, 3.05) is 26.7 Å². The van der Waals surface area contributed by atoms with Crippen molar-refractivity contribution in [1.82, 2.24) is 16.0 Å². The highest BCUT2D eigenvalue weighted by Gasteiger charge is 2.34. The van der Waals surface area contributed by atoms with Crippen molar-refractivity contribution in [2.45, 2.75) is 64.0 Å². The van der Waals surface area contributed by atoms with Crippen LogP contribution in [-0.2, 0) is 4.79 Å². The molecule has 0 aliphatic carbocycles. The fourth-order valence-electron chi connectivity index (χ4n) is 4.40. The molecular formula is C22H35N3O2. The first-order chi connectivity index (χ1) is 13.0. The Labute approximate surface area is 163 Å². The number of piperidine rings is 2. The molecule has 2 atom stereocenters. The first-order valence-corrected chi connectivity index (χ1v) is 10.4. The molecular weight excluding hydrogens is 338 g/mol. The predicted octanol–water partition coefficient (Wildman–Crippen LogP) is 2.82. The maximum Gasteiger partial charge on any atom is 0.225 e. The summed E-state index contributed by atoms with van der Waals surface area (Å²) in [5, 5.41) is 10.3. The lowest BCUT2D eigenvalue weighted by Gasteiger charge is -2.36. The van der Waals surface area contributed by atoms with Gasteiger partial charge >= 0.3 is 0 Å². The van der Waals surface area contributed by atoms with Crippen LogP contribution in [0.1, 0.15) is 57.4 Å². The SMILES string of the molecule is COc1ccc([C@@H]2CCNC(CC(C)(C)C(=O)NC3CCNCC3)C2)cc1. The van der Waals surface area contributed by atoms with Gasteiger partial charge in [-0.3, -0.25) is 4.79 Å². The number of nitrogens with one attached hydrogen (secondary N) is 3. The van der Waals surface area contributed by atoms with E-state index in [-0.39, 0.29) is 11.3 Å². The fraction of sp³-hybridized carbons (Fsp3) is 0.682. The Balaban J connectivity index is 1.55. The summed E-state index contributed by atoms with van der Waals surface area (Å²) in [6.45, 7) is 7.18. The van der Waals surface area contributed by atoms with Crippen LogP contribution >= 0.6 is 0 Å². The summed E-state index contributed by atoms with van der Waals surface area (Å²) in [5.74, 6) is 1.65. The highest BCUT2D eigenvalue weighted by Crippen LogP contribution is 2.33. The van der Waals surface area contributed by atoms with Crippen molar-refractivity contribution in [3.8, 4) is 5.75 Å². The second kappa shape index (κ2) is 9.07. The number of hydrogen-bond donors (Lipinski definition) is 3. The van der Waals surface area contributed by atoms with Crippen molar-refractivity contribution in [3.05, 3.63) is 29.8 Å². The zero-order valence-corrected chi connectivity index (χ0v) is 17.0. The van der Waals surface area contributed by atoms with Gasteiger partial charge < -0.3 is 20.7 Å². The second-order valence-electron chi connectivity index (χ2n) is 8.73. The molecule has 3 N–H and O–H groups in total. The molecule has 0 saturated carbocycles. The number of ether oxygens (including phenoxy) is 1. The summed E-state index contributed by atoms with van der Waals surface area (Å²) in [6.07, 6.45) is 5.16. The summed E-state index contributed by atoms with van der Waals surface area (Å²) < 4.78 is 5.27. The minimum Gasteiger partial charge on any atom is -0.497 e. The standard InChI is InChI=1S/C22H35N3O2/c1-22(2,21(26)25-18-9-11-23-12-10-18)15-19-14-17(8-13-24-19)16-4-6-20(27-3)7-5-16/h4-7,17-19,23-24H,8-15H2,1-3H3,(H,25,26)/t17-,19?/m1/s1. The van der Waals surface area contributed by atoms with Crippen LogP contribution in [0.2, 0.25) is 0 Å². The van der Waals surface area contributed by atoms with Crippen LogP contribution in [0.25, 0.3) is 0 Å². The lowest BCUT2D eigenvalue weighted by molar-refractivity contribution is -0.131. The number of carbonyl (C=O) groups is 1. The molecule has 0 bridgehead atoms. The highest BCUT2D eigenvalue weighted by molar-refractivity contribution is 5.82. The first-order valence-electron chi connectivity index (χ1n) is 10.4. The van der Waals surface area contributed by atoms with E-state index in [0.29, 0.717) is 18.0 Å². The topological polar surface area (TPSA) is 62.4 Å². The minimum atomic E-state index is -0.357. The summed E-state index contributed by atoms with van der Waals surface area (Å²) >= 11 is 0. The molecule has 0 radical (unpaired) electrons. The van der Waals surface area contributed by atoms with E-state index in [1.807, 2.05) is 12.1 Å². The van der Waals surface area contributed by atoms with Gasteiger partial charge in [0.1, 0.15) is 5.75 Å². The van der Waals surface area contributed by atoms with E-state index in [1.54, 1.807) is 7.11 Å². The van der Waals surface area contributed by atoms with Crippen molar-refractivity contribution in [3.63, 3.8) is 0 Å². The van der Waals surface area contributed by atoms with E-state index in [1.165, 1.54) is 5.56 Å². The molecule has 2 heterocycles. The van der Waals surface area contributed by atoms with Gasteiger partial charge in [0.2, 0.25) is 5.91 Å². The number of methoxy groups -OCH3 is 1. The molecule has 5 nitrogen and oxygen atoms in total. The van der Waals surface area contributed by atoms with Crippen LogP contribution in [0.3, 0.4) is 0 Å². The molecule has 27 heavy (non-hydrogen) atoms. The average molecular weight is 374 g/mol. The smallest absolute Gasteiger partial charge is 0.225 e. The Hall–Kier alpha value is -1.59. The van der Waals surface area contributed by atoms with Crippen molar-refractivity contribution in [1.29, 1.82) is 0 Å². The molecule has 1 amide bonds. The number of carbonyl (C=O) groups excluding carboxylic acids is 1. The zero-order chi connectivity index (χ0) is 19.3. The van der Waals surface area contributed by atoms with E-state index in [9.17, 15) is 4.79 Å². The Morgan fingerprint density at radius 1 is 1.15 bits per heavy atom. The molecule has 2 aliphatic heterocycles. The molecule has 2 saturated heterocycles. The molecule has 0 spiro atoms. The van der Waals surface area contributed by atoms with Crippen LogP contribution in [-0.4, -0.2) is 44.7 Å². The van der Waals surface area contributed by atoms with Gasteiger partial charge in [0.15, 0.2) is 0 Å². The molecule has 1 aromatic rings. The van der Waals surface area contributed by atoms with E-state index in [0.717, 1.165) is 57.5 Å². The maximum atomic E-state index is 12.9. The van der Waals surface area contributed by atoms with Gasteiger partial charge in [0.25, 0.3) is 0 Å². The second-order valence-corrected chi connectivity index (χ2v) is 8.73. The van der Waals surface area contributed by atoms with Crippen LogP contribution in [0, 0.1) is 5.41 Å². The first kappa shape index (κ1) is 20.2. The van der Waals surface area contributed by atoms with Gasteiger partial charge in [0, 0.05) is 17.5 Å². The maximum absolute atomic E-state index is 12.9. The third kappa shape index (κ3) is 5.45. The third-order valence-electron chi connectivity index (χ3n) is 6.13. The summed E-state index contributed by atoms with van der Waals surface area (Å²) in [7, 11) is 1.70. The minimum absolute atomic E-state index is 0.197. The molecule has 150 valence electrons. The molecule has 5 heteroatoms. The van der Waals surface area contributed by atoms with Crippen LogP contribution in [0.4, 0.5) is 0 Å². The normalized spacial score (nSPS) is 24.4. The summed E-state index contributed by atoms with van der Waals surface area (Å²) in [5.41, 5.74) is 1.02. The van der Waals surface area contributed by atoms with Gasteiger partial charge in [-0.05, 0) is 75.4 Å². The van der Waals surface area contributed by atoms with Crippen molar-refractivity contribution in [2.24, 2.45) is 5.41 Å². The Kier molecular flexibility index (Phi) is 6.77. The molecule has 2 fully saturated rings. The molecule has 0 aromatic heterocycles. The fourth-order valence-corrected chi connectivity index (χ4v) is 4.40. The van der Waals surface area contributed by atoms with Gasteiger partial charge in [-0.1, -0.05) is 26.0 Å². The Morgan fingerprint density at radius 2 is 1.85 bits per heavy atom. The van der Waals surface area contributed by atoms with E-state index in [2.05, 4.69) is 41.9 Å². The molecule has 1 aromatic carbocycles. The monoisotopic (exact) mass is 373 g/mol. The largest absolute Gasteiger partial charge is 0.497 e. The van der Waals surface area contributed by atoms with Crippen LogP contribution in [0.5, 0.6) is 5.75 Å². The van der Waals surface area contributed by atoms with E-state index < -0.39 is 0 Å². The van der Waals surface area contributed by atoms with E-state index in [4.69, 9.17) is 4.74 Å². The van der Waals surface area contributed by atoms with Crippen molar-refractivity contribution < 1.29 is 9.53 Å². The Morgan fingerprint density at radius 3 is 2.52 bits per heavy atom. The van der Waals surface area contributed by atoms with Gasteiger partial charge in [-0.15, -0.1) is 0 Å². The van der Waals surface area contributed by atoms with Gasteiger partial charge in [0.05, 0.1) is 7.11 Å². The number of amides is 1. The molecule has 3 rings (SSSR count). The Bertz CT molecular complexity index is 608. The lowest BCUT2D eigenvalue weighted by atomic mass is 9.78. The number of rotatable bonds is 6.